The van der Waals surface area contributed by atoms with Crippen LogP contribution in [0.5, 0.6) is 0 Å². The molecule has 0 saturated heterocycles. The molecule has 3 heteroatoms. The SMILES string of the molecule is O=C(Cc1ccc(Br)cc1Cl)C1CCc2ccccc2C1. The van der Waals surface area contributed by atoms with E-state index >= 15 is 0 Å². The first-order valence-electron chi connectivity index (χ1n) is 7.17. The minimum atomic E-state index is 0.125. The molecule has 0 aromatic heterocycles. The maximum absolute atomic E-state index is 12.5. The maximum Gasteiger partial charge on any atom is 0.140 e. The molecule has 2 aromatic carbocycles. The highest BCUT2D eigenvalue weighted by Crippen LogP contribution is 2.28. The van der Waals surface area contributed by atoms with E-state index in [-0.39, 0.29) is 5.92 Å². The Bertz CT molecular complexity index is 681. The van der Waals surface area contributed by atoms with Gasteiger partial charge in [0, 0.05) is 21.8 Å². The van der Waals surface area contributed by atoms with Crippen LogP contribution >= 0.6 is 27.5 Å². The van der Waals surface area contributed by atoms with Crippen LogP contribution in [-0.2, 0) is 24.1 Å². The summed E-state index contributed by atoms with van der Waals surface area (Å²) in [7, 11) is 0. The van der Waals surface area contributed by atoms with E-state index in [9.17, 15) is 4.79 Å². The highest BCUT2D eigenvalue weighted by molar-refractivity contribution is 9.10. The van der Waals surface area contributed by atoms with Crippen molar-refractivity contribution in [3.63, 3.8) is 0 Å². The van der Waals surface area contributed by atoms with Gasteiger partial charge in [-0.05, 0) is 48.1 Å². The normalized spacial score (nSPS) is 17.3. The van der Waals surface area contributed by atoms with E-state index in [1.807, 2.05) is 18.2 Å². The Labute approximate surface area is 138 Å². The molecule has 0 aliphatic heterocycles. The number of carbonyl (C=O) groups is 1. The van der Waals surface area contributed by atoms with Gasteiger partial charge in [-0.15, -0.1) is 0 Å². The number of rotatable bonds is 3. The molecule has 0 N–H and O–H groups in total. The molecule has 21 heavy (non-hydrogen) atoms. The van der Waals surface area contributed by atoms with Gasteiger partial charge in [-0.25, -0.2) is 0 Å². The minimum Gasteiger partial charge on any atom is -0.299 e. The Morgan fingerprint density at radius 3 is 2.71 bits per heavy atom. The van der Waals surface area contributed by atoms with Crippen LogP contribution in [0.3, 0.4) is 0 Å². The second-order valence-electron chi connectivity index (χ2n) is 5.59. The maximum atomic E-state index is 12.5. The number of Topliss-reactive ketones (excluding diaryl/α,β-unsaturated/α-hetero) is 1. The third-order valence-electron chi connectivity index (χ3n) is 4.18. The molecule has 1 atom stereocenters. The van der Waals surface area contributed by atoms with Crippen molar-refractivity contribution >= 4 is 33.3 Å². The van der Waals surface area contributed by atoms with Crippen molar-refractivity contribution in [3.05, 3.63) is 68.7 Å². The van der Waals surface area contributed by atoms with Crippen LogP contribution in [0.1, 0.15) is 23.1 Å². The first-order chi connectivity index (χ1) is 10.1. The molecule has 1 unspecified atom stereocenters. The van der Waals surface area contributed by atoms with Crippen LogP contribution in [0.4, 0.5) is 0 Å². The molecule has 2 aromatic rings. The number of fused-ring (bicyclic) bond motifs is 1. The van der Waals surface area contributed by atoms with E-state index in [1.165, 1.54) is 11.1 Å². The monoisotopic (exact) mass is 362 g/mol. The van der Waals surface area contributed by atoms with Crippen molar-refractivity contribution < 1.29 is 4.79 Å². The van der Waals surface area contributed by atoms with Gasteiger partial charge in [-0.1, -0.05) is 57.9 Å². The smallest absolute Gasteiger partial charge is 0.140 e. The van der Waals surface area contributed by atoms with Gasteiger partial charge in [0.2, 0.25) is 0 Å². The molecular formula is C18H16BrClO. The van der Waals surface area contributed by atoms with E-state index < -0.39 is 0 Å². The molecule has 0 amide bonds. The van der Waals surface area contributed by atoms with Crippen LogP contribution in [0.25, 0.3) is 0 Å². The summed E-state index contributed by atoms with van der Waals surface area (Å²) in [5, 5.41) is 0.661. The quantitative estimate of drug-likeness (QED) is 0.748. The third kappa shape index (κ3) is 3.38. The molecule has 0 bridgehead atoms. The number of benzene rings is 2. The summed E-state index contributed by atoms with van der Waals surface area (Å²) in [6.07, 6.45) is 3.24. The first-order valence-corrected chi connectivity index (χ1v) is 8.34. The summed E-state index contributed by atoms with van der Waals surface area (Å²) < 4.78 is 0.940. The zero-order valence-corrected chi connectivity index (χ0v) is 14.0. The van der Waals surface area contributed by atoms with Gasteiger partial charge in [-0.2, -0.15) is 0 Å². The Kier molecular flexibility index (Phi) is 4.46. The minimum absolute atomic E-state index is 0.125. The fourth-order valence-corrected chi connectivity index (χ4v) is 3.71. The van der Waals surface area contributed by atoms with Crippen LogP contribution in [0, 0.1) is 5.92 Å². The van der Waals surface area contributed by atoms with E-state index in [2.05, 4.69) is 40.2 Å². The van der Waals surface area contributed by atoms with Crippen molar-refractivity contribution in [1.29, 1.82) is 0 Å². The predicted octanol–water partition coefficient (Wildman–Crippen LogP) is 5.02. The summed E-state index contributed by atoms with van der Waals surface area (Å²) in [5.74, 6) is 0.424. The highest BCUT2D eigenvalue weighted by atomic mass is 79.9. The van der Waals surface area contributed by atoms with Crippen molar-refractivity contribution in [2.24, 2.45) is 5.92 Å². The average Bonchev–Trinajstić information content (AvgIpc) is 2.49. The molecule has 1 aliphatic rings. The van der Waals surface area contributed by atoms with E-state index in [0.29, 0.717) is 17.2 Å². The molecular weight excluding hydrogens is 348 g/mol. The van der Waals surface area contributed by atoms with E-state index in [4.69, 9.17) is 11.6 Å². The van der Waals surface area contributed by atoms with Gasteiger partial charge in [0.15, 0.2) is 0 Å². The Morgan fingerprint density at radius 1 is 1.19 bits per heavy atom. The molecule has 1 aliphatic carbocycles. The van der Waals surface area contributed by atoms with Crippen LogP contribution in [-0.4, -0.2) is 5.78 Å². The predicted molar refractivity (Wildman–Crippen MR) is 89.8 cm³/mol. The largest absolute Gasteiger partial charge is 0.299 e. The lowest BCUT2D eigenvalue weighted by Gasteiger charge is -2.23. The molecule has 0 radical (unpaired) electrons. The van der Waals surface area contributed by atoms with Crippen molar-refractivity contribution in [1.82, 2.24) is 0 Å². The van der Waals surface area contributed by atoms with Crippen molar-refractivity contribution in [3.8, 4) is 0 Å². The second kappa shape index (κ2) is 6.33. The Morgan fingerprint density at radius 2 is 1.95 bits per heavy atom. The molecule has 0 spiro atoms. The number of aryl methyl sites for hydroxylation is 1. The number of ketones is 1. The molecule has 3 rings (SSSR count). The average molecular weight is 364 g/mol. The number of carbonyl (C=O) groups excluding carboxylic acids is 1. The Balaban J connectivity index is 1.72. The molecule has 108 valence electrons. The first kappa shape index (κ1) is 14.8. The van der Waals surface area contributed by atoms with Gasteiger partial charge < -0.3 is 0 Å². The lowest BCUT2D eigenvalue weighted by molar-refractivity contribution is -0.122. The third-order valence-corrected chi connectivity index (χ3v) is 5.03. The summed E-state index contributed by atoms with van der Waals surface area (Å²) in [5.41, 5.74) is 3.64. The molecule has 0 fully saturated rings. The lowest BCUT2D eigenvalue weighted by atomic mass is 9.80. The van der Waals surface area contributed by atoms with Gasteiger partial charge >= 0.3 is 0 Å². The summed E-state index contributed by atoms with van der Waals surface area (Å²) in [6.45, 7) is 0. The van der Waals surface area contributed by atoms with Gasteiger partial charge in [-0.3, -0.25) is 4.79 Å². The fourth-order valence-electron chi connectivity index (χ4n) is 2.97. The number of hydrogen-bond acceptors (Lipinski definition) is 1. The molecule has 0 saturated carbocycles. The summed E-state index contributed by atoms with van der Waals surface area (Å²) >= 11 is 9.60. The standard InChI is InChI=1S/C18H16BrClO/c19-16-8-7-14(17(20)11-16)10-18(21)15-6-5-12-3-1-2-4-13(12)9-15/h1-4,7-8,11,15H,5-6,9-10H2. The molecule has 1 nitrogen and oxygen atoms in total. The van der Waals surface area contributed by atoms with Gasteiger partial charge in [0.25, 0.3) is 0 Å². The van der Waals surface area contributed by atoms with Gasteiger partial charge in [0.1, 0.15) is 5.78 Å². The highest BCUT2D eigenvalue weighted by Gasteiger charge is 2.24. The fraction of sp³-hybridized carbons (Fsp3) is 0.278. The van der Waals surface area contributed by atoms with E-state index in [0.717, 1.165) is 29.3 Å². The van der Waals surface area contributed by atoms with Crippen LogP contribution in [0.2, 0.25) is 5.02 Å². The van der Waals surface area contributed by atoms with E-state index in [1.54, 1.807) is 0 Å². The number of halogens is 2. The number of hydrogen-bond donors (Lipinski definition) is 0. The van der Waals surface area contributed by atoms with Crippen molar-refractivity contribution in [2.45, 2.75) is 25.7 Å². The summed E-state index contributed by atoms with van der Waals surface area (Å²) in [6, 6.07) is 14.1. The lowest BCUT2D eigenvalue weighted by Crippen LogP contribution is -2.24. The topological polar surface area (TPSA) is 17.1 Å². The van der Waals surface area contributed by atoms with Gasteiger partial charge in [0.05, 0.1) is 0 Å². The van der Waals surface area contributed by atoms with Crippen LogP contribution in [0.15, 0.2) is 46.9 Å². The zero-order chi connectivity index (χ0) is 14.8. The second-order valence-corrected chi connectivity index (χ2v) is 6.91. The summed E-state index contributed by atoms with van der Waals surface area (Å²) in [4.78, 5) is 12.5. The van der Waals surface area contributed by atoms with Crippen LogP contribution < -0.4 is 0 Å². The van der Waals surface area contributed by atoms with Crippen molar-refractivity contribution in [2.75, 3.05) is 0 Å². The molecule has 0 heterocycles. The zero-order valence-electron chi connectivity index (χ0n) is 11.6. The Hall–Kier alpha value is -1.12.